The molecule has 0 aliphatic rings. The van der Waals surface area contributed by atoms with Gasteiger partial charge < -0.3 is 5.32 Å². The molecule has 17 heavy (non-hydrogen) atoms. The van der Waals surface area contributed by atoms with E-state index < -0.39 is 0 Å². The van der Waals surface area contributed by atoms with Crippen LogP contribution in [0.3, 0.4) is 0 Å². The number of hydrogen-bond acceptors (Lipinski definition) is 1. The Morgan fingerprint density at radius 3 is 2.41 bits per heavy atom. The number of halogens is 1. The van der Waals surface area contributed by atoms with E-state index in [-0.39, 0.29) is 0 Å². The lowest BCUT2D eigenvalue weighted by Gasteiger charge is -2.23. The van der Waals surface area contributed by atoms with E-state index in [1.54, 1.807) is 0 Å². The van der Waals surface area contributed by atoms with Gasteiger partial charge in [-0.05, 0) is 49.6 Å². The van der Waals surface area contributed by atoms with Crippen LogP contribution in [-0.2, 0) is 0 Å². The van der Waals surface area contributed by atoms with Crippen molar-refractivity contribution in [3.63, 3.8) is 0 Å². The van der Waals surface area contributed by atoms with Gasteiger partial charge in [-0.2, -0.15) is 0 Å². The molecule has 1 aromatic rings. The molecule has 1 nitrogen and oxygen atoms in total. The van der Waals surface area contributed by atoms with Gasteiger partial charge in [0, 0.05) is 10.5 Å². The predicted molar refractivity (Wildman–Crippen MR) is 79.4 cm³/mol. The molecule has 0 saturated heterocycles. The zero-order valence-electron chi connectivity index (χ0n) is 11.4. The van der Waals surface area contributed by atoms with Crippen molar-refractivity contribution in [1.82, 2.24) is 5.32 Å². The highest BCUT2D eigenvalue weighted by atomic mass is 79.9. The monoisotopic (exact) mass is 297 g/mol. The van der Waals surface area contributed by atoms with Crippen molar-refractivity contribution >= 4 is 15.9 Å². The van der Waals surface area contributed by atoms with Gasteiger partial charge in [0.15, 0.2) is 0 Å². The largest absolute Gasteiger partial charge is 0.313 e. The molecule has 0 saturated carbocycles. The second kappa shape index (κ2) is 7.17. The van der Waals surface area contributed by atoms with Crippen LogP contribution in [0, 0.1) is 12.8 Å². The molecule has 0 fully saturated rings. The molecule has 1 aromatic carbocycles. The number of rotatable bonds is 6. The van der Waals surface area contributed by atoms with Crippen molar-refractivity contribution in [2.45, 2.75) is 46.1 Å². The molecule has 0 bridgehead atoms. The summed E-state index contributed by atoms with van der Waals surface area (Å²) in [4.78, 5) is 0. The molecule has 0 aromatic heterocycles. The zero-order valence-corrected chi connectivity index (χ0v) is 13.0. The molecule has 0 amide bonds. The van der Waals surface area contributed by atoms with Crippen LogP contribution in [0.25, 0.3) is 0 Å². The van der Waals surface area contributed by atoms with Crippen LogP contribution in [0.4, 0.5) is 0 Å². The van der Waals surface area contributed by atoms with Crippen molar-refractivity contribution < 1.29 is 0 Å². The van der Waals surface area contributed by atoms with Crippen molar-refractivity contribution in [1.29, 1.82) is 0 Å². The van der Waals surface area contributed by atoms with Crippen LogP contribution in [-0.4, -0.2) is 7.05 Å². The van der Waals surface area contributed by atoms with Crippen molar-refractivity contribution in [2.75, 3.05) is 7.05 Å². The third-order valence-electron chi connectivity index (χ3n) is 3.69. The van der Waals surface area contributed by atoms with E-state index in [2.05, 4.69) is 67.3 Å². The van der Waals surface area contributed by atoms with Crippen LogP contribution < -0.4 is 5.32 Å². The normalized spacial score (nSPS) is 13.1. The number of benzene rings is 1. The standard InChI is InChI=1S/C15H24BrN/c1-5-12(6-2)9-15(17-4)14-10-13(16)8-7-11(14)3/h7-8,10,12,15,17H,5-6,9H2,1-4H3. The summed E-state index contributed by atoms with van der Waals surface area (Å²) < 4.78 is 1.17. The Morgan fingerprint density at radius 2 is 1.88 bits per heavy atom. The fourth-order valence-electron chi connectivity index (χ4n) is 2.34. The molecule has 0 spiro atoms. The number of nitrogens with one attached hydrogen (secondary N) is 1. The summed E-state index contributed by atoms with van der Waals surface area (Å²) in [5.74, 6) is 0.811. The fraction of sp³-hybridized carbons (Fsp3) is 0.600. The van der Waals surface area contributed by atoms with E-state index in [1.165, 1.54) is 34.9 Å². The average molecular weight is 298 g/mol. The van der Waals surface area contributed by atoms with E-state index >= 15 is 0 Å². The summed E-state index contributed by atoms with van der Waals surface area (Å²) in [6.45, 7) is 6.77. The third kappa shape index (κ3) is 4.11. The van der Waals surface area contributed by atoms with Gasteiger partial charge in [-0.15, -0.1) is 0 Å². The van der Waals surface area contributed by atoms with Gasteiger partial charge in [-0.3, -0.25) is 0 Å². The topological polar surface area (TPSA) is 12.0 Å². The van der Waals surface area contributed by atoms with Crippen LogP contribution >= 0.6 is 15.9 Å². The minimum Gasteiger partial charge on any atom is -0.313 e. The third-order valence-corrected chi connectivity index (χ3v) is 4.18. The lowest BCUT2D eigenvalue weighted by molar-refractivity contribution is 0.384. The first-order chi connectivity index (χ1) is 8.12. The Hall–Kier alpha value is -0.340. The molecule has 0 aliphatic heterocycles. The first kappa shape index (κ1) is 14.7. The maximum absolute atomic E-state index is 3.57. The van der Waals surface area contributed by atoms with Gasteiger partial charge >= 0.3 is 0 Å². The highest BCUT2D eigenvalue weighted by molar-refractivity contribution is 9.10. The Morgan fingerprint density at radius 1 is 1.24 bits per heavy atom. The summed E-state index contributed by atoms with van der Waals surface area (Å²) in [7, 11) is 2.06. The van der Waals surface area contributed by atoms with Crippen LogP contribution in [0.2, 0.25) is 0 Å². The second-order valence-electron chi connectivity index (χ2n) is 4.76. The SMILES string of the molecule is CCC(CC)CC(NC)c1cc(Br)ccc1C. The Bertz CT molecular complexity index is 345. The van der Waals surface area contributed by atoms with Gasteiger partial charge in [-0.1, -0.05) is 48.7 Å². The van der Waals surface area contributed by atoms with E-state index in [0.29, 0.717) is 6.04 Å². The quantitative estimate of drug-likeness (QED) is 0.792. The average Bonchev–Trinajstić information content (AvgIpc) is 2.34. The smallest absolute Gasteiger partial charge is 0.0323 e. The molecule has 2 heteroatoms. The molecule has 1 atom stereocenters. The summed E-state index contributed by atoms with van der Waals surface area (Å²) in [6.07, 6.45) is 3.75. The highest BCUT2D eigenvalue weighted by Crippen LogP contribution is 2.28. The molecule has 0 aliphatic carbocycles. The molecular formula is C15H24BrN. The van der Waals surface area contributed by atoms with E-state index in [0.717, 1.165) is 5.92 Å². The first-order valence-corrected chi connectivity index (χ1v) is 7.34. The van der Waals surface area contributed by atoms with E-state index in [1.807, 2.05) is 0 Å². The molecule has 96 valence electrons. The highest BCUT2D eigenvalue weighted by Gasteiger charge is 2.16. The summed E-state index contributed by atoms with van der Waals surface area (Å²) in [6, 6.07) is 7.02. The van der Waals surface area contributed by atoms with Crippen LogP contribution in [0.1, 0.15) is 50.3 Å². The molecule has 0 heterocycles. The van der Waals surface area contributed by atoms with Crippen LogP contribution in [0.15, 0.2) is 22.7 Å². The minimum absolute atomic E-state index is 0.470. The molecular weight excluding hydrogens is 274 g/mol. The van der Waals surface area contributed by atoms with E-state index in [4.69, 9.17) is 0 Å². The minimum atomic E-state index is 0.470. The number of aryl methyl sites for hydroxylation is 1. The van der Waals surface area contributed by atoms with Gasteiger partial charge in [-0.25, -0.2) is 0 Å². The Kier molecular flexibility index (Phi) is 6.21. The molecule has 1 rings (SSSR count). The van der Waals surface area contributed by atoms with Gasteiger partial charge in [0.2, 0.25) is 0 Å². The maximum Gasteiger partial charge on any atom is 0.0323 e. The first-order valence-electron chi connectivity index (χ1n) is 6.55. The lowest BCUT2D eigenvalue weighted by Crippen LogP contribution is -2.20. The van der Waals surface area contributed by atoms with Crippen molar-refractivity contribution in [3.8, 4) is 0 Å². The summed E-state index contributed by atoms with van der Waals surface area (Å²) >= 11 is 3.57. The summed E-state index contributed by atoms with van der Waals surface area (Å²) in [5.41, 5.74) is 2.80. The van der Waals surface area contributed by atoms with Crippen molar-refractivity contribution in [2.24, 2.45) is 5.92 Å². The molecule has 0 radical (unpaired) electrons. The van der Waals surface area contributed by atoms with Gasteiger partial charge in [0.05, 0.1) is 0 Å². The van der Waals surface area contributed by atoms with Gasteiger partial charge in [0.1, 0.15) is 0 Å². The fourth-order valence-corrected chi connectivity index (χ4v) is 2.72. The van der Waals surface area contributed by atoms with Crippen molar-refractivity contribution in [3.05, 3.63) is 33.8 Å². The Labute approximate surface area is 114 Å². The maximum atomic E-state index is 3.57. The number of hydrogen-bond donors (Lipinski definition) is 1. The predicted octanol–water partition coefficient (Wildman–Crippen LogP) is 4.84. The zero-order chi connectivity index (χ0) is 12.8. The van der Waals surface area contributed by atoms with Crippen LogP contribution in [0.5, 0.6) is 0 Å². The van der Waals surface area contributed by atoms with Gasteiger partial charge in [0.25, 0.3) is 0 Å². The second-order valence-corrected chi connectivity index (χ2v) is 5.68. The lowest BCUT2D eigenvalue weighted by atomic mass is 9.89. The summed E-state index contributed by atoms with van der Waals surface area (Å²) in [5, 5.41) is 3.46. The van der Waals surface area contributed by atoms with E-state index in [9.17, 15) is 0 Å². The Balaban J connectivity index is 2.89. The molecule has 1 N–H and O–H groups in total. The molecule has 1 unspecified atom stereocenters.